The van der Waals surface area contributed by atoms with Gasteiger partial charge in [-0.1, -0.05) is 30.5 Å². The highest BCUT2D eigenvalue weighted by Crippen LogP contribution is 2.42. The summed E-state index contributed by atoms with van der Waals surface area (Å²) in [5.74, 6) is -2.88. The quantitative estimate of drug-likeness (QED) is 0.551. The number of nitrogens with zero attached hydrogens (tertiary/aromatic N) is 2. The van der Waals surface area contributed by atoms with Gasteiger partial charge in [-0.2, -0.15) is 0 Å². The van der Waals surface area contributed by atoms with Crippen LogP contribution in [0.4, 0.5) is 13.2 Å². The minimum absolute atomic E-state index is 0.0563. The van der Waals surface area contributed by atoms with E-state index in [0.717, 1.165) is 38.4 Å². The van der Waals surface area contributed by atoms with Gasteiger partial charge in [0.05, 0.1) is 10.6 Å². The van der Waals surface area contributed by atoms with Crippen molar-refractivity contribution in [3.8, 4) is 0 Å². The minimum atomic E-state index is -2.67. The van der Waals surface area contributed by atoms with Gasteiger partial charge in [0.25, 0.3) is 5.91 Å². The fourth-order valence-corrected chi connectivity index (χ4v) is 5.66. The zero-order valence-electron chi connectivity index (χ0n) is 18.2. The van der Waals surface area contributed by atoms with Crippen LogP contribution in [0, 0.1) is 12.7 Å². The summed E-state index contributed by atoms with van der Waals surface area (Å²) in [4.78, 5) is 15.0. The van der Waals surface area contributed by atoms with Crippen molar-refractivity contribution in [2.45, 2.75) is 57.4 Å². The van der Waals surface area contributed by atoms with Gasteiger partial charge in [-0.15, -0.1) is 0 Å². The van der Waals surface area contributed by atoms with Crippen LogP contribution in [0.1, 0.15) is 54.9 Å². The summed E-state index contributed by atoms with van der Waals surface area (Å²) in [5.41, 5.74) is -0.111. The van der Waals surface area contributed by atoms with E-state index >= 15 is 0 Å². The Balaban J connectivity index is 1.71. The van der Waals surface area contributed by atoms with Crippen molar-refractivity contribution in [2.75, 3.05) is 38.5 Å². The minimum Gasteiger partial charge on any atom is -0.350 e. The molecule has 0 bridgehead atoms. The van der Waals surface area contributed by atoms with E-state index in [1.54, 1.807) is 13.0 Å². The molecule has 1 amide bonds. The van der Waals surface area contributed by atoms with E-state index in [9.17, 15) is 18.0 Å². The third-order valence-electron chi connectivity index (χ3n) is 6.29. The Morgan fingerprint density at radius 1 is 1.16 bits per heavy atom. The average molecular weight is 478 g/mol. The van der Waals surface area contributed by atoms with Crippen molar-refractivity contribution in [3.05, 3.63) is 34.1 Å². The highest BCUT2D eigenvalue weighted by Gasteiger charge is 2.47. The molecule has 1 saturated carbocycles. The predicted molar refractivity (Wildman–Crippen MR) is 121 cm³/mol. The van der Waals surface area contributed by atoms with E-state index in [2.05, 4.69) is 21.4 Å². The first-order valence-corrected chi connectivity index (χ1v) is 12.2. The number of benzene rings is 1. The lowest BCUT2D eigenvalue weighted by atomic mass is 9.78. The lowest BCUT2D eigenvalue weighted by Gasteiger charge is -2.50. The molecule has 0 aromatic heterocycles. The number of rotatable bonds is 7. The molecular weight excluding hydrogens is 447 g/mol. The molecule has 1 aromatic rings. The van der Waals surface area contributed by atoms with E-state index in [0.29, 0.717) is 18.4 Å². The lowest BCUT2D eigenvalue weighted by Crippen LogP contribution is -2.62. The topological polar surface area (TPSA) is 35.6 Å². The molecule has 0 spiro atoms. The van der Waals surface area contributed by atoms with E-state index in [1.807, 2.05) is 11.9 Å². The first kappa shape index (κ1) is 24.7. The Morgan fingerprint density at radius 2 is 1.81 bits per heavy atom. The third-order valence-corrected chi connectivity index (χ3v) is 7.91. The standard InChI is InChI=1S/C22H31ClF3N3OS/c1-3-12-31-29-10-8-28(9-11-29)21(4-6-22(25,26)7-5-21)15-27-20(30)19-17(23)13-16(2)14-18(19)24/h13-14H,3-12,15H2,1-2H3,(H,27,30). The van der Waals surface area contributed by atoms with Crippen LogP contribution in [0.2, 0.25) is 5.02 Å². The van der Waals surface area contributed by atoms with Crippen LogP contribution in [-0.4, -0.2) is 65.1 Å². The molecule has 31 heavy (non-hydrogen) atoms. The fraction of sp³-hybridized carbons (Fsp3) is 0.682. The van der Waals surface area contributed by atoms with Crippen LogP contribution in [-0.2, 0) is 0 Å². The molecule has 1 saturated heterocycles. The van der Waals surface area contributed by atoms with Gasteiger partial charge in [-0.05, 0) is 43.9 Å². The molecule has 2 fully saturated rings. The molecule has 1 aromatic carbocycles. The Hall–Kier alpha value is -0.960. The molecule has 1 N–H and O–H groups in total. The Bertz CT molecular complexity index is 754. The predicted octanol–water partition coefficient (Wildman–Crippen LogP) is 5.14. The zero-order valence-corrected chi connectivity index (χ0v) is 19.7. The smallest absolute Gasteiger partial charge is 0.255 e. The Kier molecular flexibility index (Phi) is 8.21. The Morgan fingerprint density at radius 3 is 2.39 bits per heavy atom. The maximum absolute atomic E-state index is 14.4. The van der Waals surface area contributed by atoms with Crippen molar-refractivity contribution in [2.24, 2.45) is 0 Å². The van der Waals surface area contributed by atoms with Crippen LogP contribution in [0.3, 0.4) is 0 Å². The molecule has 0 unspecified atom stereocenters. The van der Waals surface area contributed by atoms with Crippen LogP contribution < -0.4 is 5.32 Å². The zero-order chi connectivity index (χ0) is 22.6. The number of hydrogen-bond acceptors (Lipinski definition) is 4. The Labute approximate surface area is 192 Å². The lowest BCUT2D eigenvalue weighted by molar-refractivity contribution is -0.0854. The van der Waals surface area contributed by atoms with Crippen molar-refractivity contribution < 1.29 is 18.0 Å². The molecule has 0 radical (unpaired) electrons. The van der Waals surface area contributed by atoms with E-state index in [1.165, 1.54) is 6.07 Å². The van der Waals surface area contributed by atoms with Crippen LogP contribution in [0.5, 0.6) is 0 Å². The molecular formula is C22H31ClF3N3OS. The molecule has 9 heteroatoms. The molecule has 4 nitrogen and oxygen atoms in total. The SMILES string of the molecule is CCCSN1CCN(C2(CNC(=O)c3c(F)cc(C)cc3Cl)CCC(F)(F)CC2)CC1. The first-order valence-electron chi connectivity index (χ1n) is 10.9. The van der Waals surface area contributed by atoms with Crippen LogP contribution in [0.15, 0.2) is 12.1 Å². The van der Waals surface area contributed by atoms with Gasteiger partial charge in [0.2, 0.25) is 5.92 Å². The number of halogens is 4. The van der Waals surface area contributed by atoms with E-state index in [4.69, 9.17) is 11.6 Å². The summed E-state index contributed by atoms with van der Waals surface area (Å²) in [6, 6.07) is 2.81. The van der Waals surface area contributed by atoms with Crippen molar-refractivity contribution in [3.63, 3.8) is 0 Å². The summed E-state index contributed by atoms with van der Waals surface area (Å²) in [5, 5.41) is 2.87. The van der Waals surface area contributed by atoms with Gasteiger partial charge < -0.3 is 5.32 Å². The van der Waals surface area contributed by atoms with Gasteiger partial charge >= 0.3 is 0 Å². The van der Waals surface area contributed by atoms with Crippen molar-refractivity contribution >= 4 is 29.5 Å². The molecule has 174 valence electrons. The summed E-state index contributed by atoms with van der Waals surface area (Å²) in [7, 11) is 0. The van der Waals surface area contributed by atoms with Gasteiger partial charge in [0.1, 0.15) is 5.82 Å². The molecule has 1 heterocycles. The second-order valence-corrected chi connectivity index (χ2v) is 10.2. The van der Waals surface area contributed by atoms with Crippen molar-refractivity contribution in [1.82, 2.24) is 14.5 Å². The maximum Gasteiger partial charge on any atom is 0.255 e. The van der Waals surface area contributed by atoms with Gasteiger partial charge in [-0.3, -0.25) is 9.69 Å². The number of aryl methyl sites for hydroxylation is 1. The van der Waals surface area contributed by atoms with Crippen molar-refractivity contribution in [1.29, 1.82) is 0 Å². The maximum atomic E-state index is 14.4. The molecule has 2 aliphatic rings. The monoisotopic (exact) mass is 477 g/mol. The number of carbonyl (C=O) groups is 1. The highest BCUT2D eigenvalue weighted by molar-refractivity contribution is 7.97. The molecule has 3 rings (SSSR count). The van der Waals surface area contributed by atoms with E-state index < -0.39 is 23.2 Å². The summed E-state index contributed by atoms with van der Waals surface area (Å²) < 4.78 is 44.6. The third kappa shape index (κ3) is 6.09. The highest BCUT2D eigenvalue weighted by atomic mass is 35.5. The summed E-state index contributed by atoms with van der Waals surface area (Å²) in [6.07, 6.45) is 1.30. The van der Waals surface area contributed by atoms with Gasteiger partial charge in [-0.25, -0.2) is 17.5 Å². The first-order chi connectivity index (χ1) is 14.7. The second-order valence-electron chi connectivity index (χ2n) is 8.62. The number of alkyl halides is 2. The van der Waals surface area contributed by atoms with Gasteiger partial charge in [0, 0.05) is 56.9 Å². The van der Waals surface area contributed by atoms with Crippen LogP contribution in [0.25, 0.3) is 0 Å². The number of amides is 1. The molecule has 0 atom stereocenters. The summed E-state index contributed by atoms with van der Waals surface area (Å²) in [6.45, 7) is 7.28. The largest absolute Gasteiger partial charge is 0.350 e. The second kappa shape index (κ2) is 10.3. The fourth-order valence-electron chi connectivity index (χ4n) is 4.45. The van der Waals surface area contributed by atoms with Gasteiger partial charge in [0.15, 0.2) is 0 Å². The number of carbonyl (C=O) groups excluding carboxylic acids is 1. The van der Waals surface area contributed by atoms with Crippen LogP contribution >= 0.6 is 23.5 Å². The molecule has 1 aliphatic carbocycles. The number of piperazine rings is 1. The average Bonchev–Trinajstić information content (AvgIpc) is 2.71. The van der Waals surface area contributed by atoms with E-state index in [-0.39, 0.29) is 30.0 Å². The number of hydrogen-bond donors (Lipinski definition) is 1. The normalized spacial score (nSPS) is 21.7. The summed E-state index contributed by atoms with van der Waals surface area (Å²) >= 11 is 7.94. The molecule has 1 aliphatic heterocycles. The number of nitrogens with one attached hydrogen (secondary N) is 1.